The summed E-state index contributed by atoms with van der Waals surface area (Å²) >= 11 is 0. The second-order valence-electron chi connectivity index (χ2n) is 9.08. The lowest BCUT2D eigenvalue weighted by Gasteiger charge is -2.61. The lowest BCUT2D eigenvalue weighted by atomic mass is 9.45. The normalized spacial score (nSPS) is 57.9. The molecule has 0 amide bonds. The minimum Gasteiger partial charge on any atom is -0.390 e. The van der Waals surface area contributed by atoms with Crippen LogP contribution in [-0.2, 0) is 4.79 Å². The summed E-state index contributed by atoms with van der Waals surface area (Å²) in [6, 6.07) is 0. The molecule has 0 aromatic carbocycles. The summed E-state index contributed by atoms with van der Waals surface area (Å²) in [6.45, 7) is 4.58. The van der Waals surface area contributed by atoms with E-state index >= 15 is 0 Å². The molecule has 22 heavy (non-hydrogen) atoms. The highest BCUT2D eigenvalue weighted by Gasteiger charge is 2.61. The molecule has 0 aromatic rings. The molecule has 4 fully saturated rings. The first kappa shape index (κ1) is 15.1. The molecule has 4 aliphatic carbocycles. The zero-order chi connectivity index (χ0) is 15.7. The van der Waals surface area contributed by atoms with E-state index in [4.69, 9.17) is 0 Å². The first-order valence-corrected chi connectivity index (χ1v) is 9.27. The quantitative estimate of drug-likeness (QED) is 0.723. The van der Waals surface area contributed by atoms with Gasteiger partial charge in [-0.2, -0.15) is 0 Å². The molecule has 2 N–H and O–H groups in total. The van der Waals surface area contributed by atoms with Gasteiger partial charge in [0.15, 0.2) is 0 Å². The van der Waals surface area contributed by atoms with Crippen LogP contribution in [0.1, 0.15) is 65.2 Å². The van der Waals surface area contributed by atoms with E-state index in [1.807, 2.05) is 0 Å². The average Bonchev–Trinajstić information content (AvgIpc) is 2.79. The van der Waals surface area contributed by atoms with Crippen LogP contribution in [0.25, 0.3) is 0 Å². The SMILES string of the molecule is C[C@]12CCC(O)C(O)C1CC[C@@H]1[C@H]2CC[C@]2(C)C(=O)CC[C@@H]12. The van der Waals surface area contributed by atoms with Gasteiger partial charge in [-0.3, -0.25) is 4.79 Å². The third-order valence-corrected chi connectivity index (χ3v) is 8.44. The summed E-state index contributed by atoms with van der Waals surface area (Å²) in [5.41, 5.74) is 0.103. The summed E-state index contributed by atoms with van der Waals surface area (Å²) in [5.74, 6) is 2.62. The lowest BCUT2D eigenvalue weighted by molar-refractivity contribution is -0.173. The Morgan fingerprint density at radius 2 is 1.68 bits per heavy atom. The third kappa shape index (κ3) is 1.78. The van der Waals surface area contributed by atoms with Gasteiger partial charge in [-0.1, -0.05) is 13.8 Å². The van der Waals surface area contributed by atoms with E-state index in [9.17, 15) is 15.0 Å². The Morgan fingerprint density at radius 1 is 0.909 bits per heavy atom. The van der Waals surface area contributed by atoms with Crippen molar-refractivity contribution < 1.29 is 15.0 Å². The highest BCUT2D eigenvalue weighted by molar-refractivity contribution is 5.87. The molecule has 0 radical (unpaired) electrons. The van der Waals surface area contributed by atoms with Gasteiger partial charge in [0.2, 0.25) is 0 Å². The zero-order valence-electron chi connectivity index (χ0n) is 13.9. The first-order valence-electron chi connectivity index (χ1n) is 9.27. The molecule has 4 aliphatic rings. The predicted octanol–water partition coefficient (Wildman–Crippen LogP) is 2.93. The number of ketones is 1. The van der Waals surface area contributed by atoms with Gasteiger partial charge in [-0.25, -0.2) is 0 Å². The Kier molecular flexibility index (Phi) is 3.30. The molecule has 0 aromatic heterocycles. The highest BCUT2D eigenvalue weighted by atomic mass is 16.3. The van der Waals surface area contributed by atoms with E-state index in [1.54, 1.807) is 0 Å². The zero-order valence-corrected chi connectivity index (χ0v) is 13.9. The Morgan fingerprint density at radius 3 is 2.45 bits per heavy atom. The molecule has 3 unspecified atom stereocenters. The van der Waals surface area contributed by atoms with E-state index in [2.05, 4.69) is 13.8 Å². The number of hydrogen-bond acceptors (Lipinski definition) is 3. The van der Waals surface area contributed by atoms with Crippen molar-refractivity contribution in [3.05, 3.63) is 0 Å². The van der Waals surface area contributed by atoms with Gasteiger partial charge >= 0.3 is 0 Å². The van der Waals surface area contributed by atoms with E-state index < -0.39 is 12.2 Å². The van der Waals surface area contributed by atoms with Crippen LogP contribution in [0.5, 0.6) is 0 Å². The van der Waals surface area contributed by atoms with Gasteiger partial charge in [0.1, 0.15) is 5.78 Å². The molecule has 4 saturated carbocycles. The number of Topliss-reactive ketones (excluding diaryl/α,β-unsaturated/α-hetero) is 1. The van der Waals surface area contributed by atoms with E-state index in [-0.39, 0.29) is 16.7 Å². The van der Waals surface area contributed by atoms with Crippen LogP contribution in [-0.4, -0.2) is 28.2 Å². The number of hydrogen-bond donors (Lipinski definition) is 2. The van der Waals surface area contributed by atoms with Crippen molar-refractivity contribution in [1.82, 2.24) is 0 Å². The van der Waals surface area contributed by atoms with Crippen molar-refractivity contribution in [2.75, 3.05) is 0 Å². The van der Waals surface area contributed by atoms with Crippen molar-refractivity contribution in [2.24, 2.45) is 34.5 Å². The monoisotopic (exact) mass is 306 g/mol. The van der Waals surface area contributed by atoms with Crippen LogP contribution >= 0.6 is 0 Å². The fraction of sp³-hybridized carbons (Fsp3) is 0.947. The molecule has 3 nitrogen and oxygen atoms in total. The largest absolute Gasteiger partial charge is 0.390 e. The number of aliphatic hydroxyl groups is 2. The average molecular weight is 306 g/mol. The number of carbonyl (C=O) groups excluding carboxylic acids is 1. The van der Waals surface area contributed by atoms with Gasteiger partial charge in [0.25, 0.3) is 0 Å². The Balaban J connectivity index is 1.65. The maximum absolute atomic E-state index is 12.4. The highest BCUT2D eigenvalue weighted by Crippen LogP contribution is 2.65. The van der Waals surface area contributed by atoms with Gasteiger partial charge < -0.3 is 10.2 Å². The number of rotatable bonds is 0. The minimum absolute atomic E-state index is 0.0584. The second kappa shape index (κ2) is 4.80. The lowest BCUT2D eigenvalue weighted by Crippen LogP contribution is -2.58. The van der Waals surface area contributed by atoms with Gasteiger partial charge in [-0.15, -0.1) is 0 Å². The Hall–Kier alpha value is -0.410. The Bertz CT molecular complexity index is 489. The summed E-state index contributed by atoms with van der Waals surface area (Å²) in [7, 11) is 0. The fourth-order valence-electron chi connectivity index (χ4n) is 7.09. The molecule has 0 spiro atoms. The predicted molar refractivity (Wildman–Crippen MR) is 84.1 cm³/mol. The third-order valence-electron chi connectivity index (χ3n) is 8.44. The smallest absolute Gasteiger partial charge is 0.139 e. The van der Waals surface area contributed by atoms with Crippen molar-refractivity contribution in [2.45, 2.75) is 77.4 Å². The summed E-state index contributed by atoms with van der Waals surface area (Å²) < 4.78 is 0. The van der Waals surface area contributed by atoms with Crippen LogP contribution in [0.3, 0.4) is 0 Å². The first-order chi connectivity index (χ1) is 10.4. The maximum atomic E-state index is 12.4. The van der Waals surface area contributed by atoms with Crippen LogP contribution in [0.2, 0.25) is 0 Å². The summed E-state index contributed by atoms with van der Waals surface area (Å²) in [5, 5.41) is 20.6. The van der Waals surface area contributed by atoms with E-state index in [0.717, 1.165) is 51.4 Å². The fourth-order valence-corrected chi connectivity index (χ4v) is 7.09. The van der Waals surface area contributed by atoms with Crippen molar-refractivity contribution >= 4 is 5.78 Å². The van der Waals surface area contributed by atoms with Gasteiger partial charge in [-0.05, 0) is 74.0 Å². The topological polar surface area (TPSA) is 57.5 Å². The molecule has 124 valence electrons. The van der Waals surface area contributed by atoms with Crippen LogP contribution in [0.15, 0.2) is 0 Å². The van der Waals surface area contributed by atoms with Crippen LogP contribution in [0, 0.1) is 34.5 Å². The summed E-state index contributed by atoms with van der Waals surface area (Å²) in [6.07, 6.45) is 6.91. The van der Waals surface area contributed by atoms with E-state index in [1.165, 1.54) is 0 Å². The molecule has 0 aliphatic heterocycles. The minimum atomic E-state index is -0.543. The molecule has 4 rings (SSSR count). The van der Waals surface area contributed by atoms with Crippen molar-refractivity contribution in [3.63, 3.8) is 0 Å². The molecule has 8 atom stereocenters. The molecule has 3 heteroatoms. The standard InChI is InChI=1S/C19H30O3/c1-18-10-8-15(20)17(22)14(18)4-3-11-12-5-6-16(21)19(12,2)9-7-13(11)18/h11-15,17,20,22H,3-10H2,1-2H3/t11-,12-,13+,14?,15?,17?,18+,19-/m0/s1. The van der Waals surface area contributed by atoms with Crippen LogP contribution < -0.4 is 0 Å². The van der Waals surface area contributed by atoms with Gasteiger partial charge in [0, 0.05) is 11.8 Å². The molecule has 0 heterocycles. The van der Waals surface area contributed by atoms with E-state index in [0.29, 0.717) is 23.5 Å². The van der Waals surface area contributed by atoms with Crippen molar-refractivity contribution in [1.29, 1.82) is 0 Å². The number of carbonyl (C=O) groups is 1. The van der Waals surface area contributed by atoms with Crippen LogP contribution in [0.4, 0.5) is 0 Å². The number of aliphatic hydroxyl groups excluding tert-OH is 2. The Labute approximate surface area is 133 Å². The molecular formula is C19H30O3. The summed E-state index contributed by atoms with van der Waals surface area (Å²) in [4.78, 5) is 12.4. The second-order valence-corrected chi connectivity index (χ2v) is 9.08. The number of fused-ring (bicyclic) bond motifs is 5. The molecular weight excluding hydrogens is 276 g/mol. The molecule has 0 saturated heterocycles. The molecule has 0 bridgehead atoms. The van der Waals surface area contributed by atoms with Gasteiger partial charge in [0.05, 0.1) is 12.2 Å². The maximum Gasteiger partial charge on any atom is 0.139 e. The van der Waals surface area contributed by atoms with Crippen molar-refractivity contribution in [3.8, 4) is 0 Å².